The number of amides is 1. The van der Waals surface area contributed by atoms with Gasteiger partial charge < -0.3 is 5.32 Å². The molecule has 2 heterocycles. The first kappa shape index (κ1) is 18.0. The van der Waals surface area contributed by atoms with Crippen LogP contribution in [0.4, 0.5) is 0 Å². The van der Waals surface area contributed by atoms with Gasteiger partial charge in [0.05, 0.1) is 23.6 Å². The van der Waals surface area contributed by atoms with Gasteiger partial charge in [-0.3, -0.25) is 4.79 Å². The summed E-state index contributed by atoms with van der Waals surface area (Å²) < 4.78 is 0. The molecule has 0 spiro atoms. The van der Waals surface area contributed by atoms with Crippen LogP contribution in [0.25, 0.3) is 21.8 Å². The van der Waals surface area contributed by atoms with Gasteiger partial charge in [-0.05, 0) is 13.0 Å². The summed E-state index contributed by atoms with van der Waals surface area (Å²) in [6, 6.07) is 21.7. The number of thiazole rings is 1. The molecule has 28 heavy (non-hydrogen) atoms. The van der Waals surface area contributed by atoms with Crippen LogP contribution in [0.5, 0.6) is 0 Å². The molecule has 5 nitrogen and oxygen atoms in total. The largest absolute Gasteiger partial charge is 0.346 e. The Morgan fingerprint density at radius 1 is 0.964 bits per heavy atom. The van der Waals surface area contributed by atoms with Crippen molar-refractivity contribution in [3.8, 4) is 21.8 Å². The lowest BCUT2D eigenvalue weighted by Gasteiger charge is -2.06. The smallest absolute Gasteiger partial charge is 0.263 e. The molecular weight excluding hydrogens is 368 g/mol. The molecule has 0 bridgehead atoms. The predicted octanol–water partition coefficient (Wildman–Crippen LogP) is 4.51. The van der Waals surface area contributed by atoms with Crippen molar-refractivity contribution < 1.29 is 4.79 Å². The van der Waals surface area contributed by atoms with Gasteiger partial charge in [0.15, 0.2) is 0 Å². The molecule has 0 unspecified atom stereocenters. The van der Waals surface area contributed by atoms with Crippen LogP contribution >= 0.6 is 11.3 Å². The van der Waals surface area contributed by atoms with E-state index < -0.39 is 0 Å². The van der Waals surface area contributed by atoms with Gasteiger partial charge in [-0.25, -0.2) is 15.0 Å². The Balaban J connectivity index is 1.47. The number of hydrogen-bond acceptors (Lipinski definition) is 5. The molecule has 4 aromatic rings. The van der Waals surface area contributed by atoms with Crippen LogP contribution in [0.2, 0.25) is 0 Å². The molecule has 0 saturated carbocycles. The maximum atomic E-state index is 12.7. The number of carbonyl (C=O) groups excluding carboxylic acids is 1. The summed E-state index contributed by atoms with van der Waals surface area (Å²) in [5.41, 5.74) is 4.35. The maximum Gasteiger partial charge on any atom is 0.263 e. The van der Waals surface area contributed by atoms with Crippen molar-refractivity contribution in [3.05, 3.63) is 89.3 Å². The van der Waals surface area contributed by atoms with Crippen LogP contribution in [0.15, 0.2) is 73.1 Å². The van der Waals surface area contributed by atoms with Crippen molar-refractivity contribution in [2.75, 3.05) is 0 Å². The average molecular weight is 386 g/mol. The van der Waals surface area contributed by atoms with Gasteiger partial charge in [0, 0.05) is 11.1 Å². The third-order valence-corrected chi connectivity index (χ3v) is 5.45. The van der Waals surface area contributed by atoms with Gasteiger partial charge in [0.2, 0.25) is 0 Å². The lowest BCUT2D eigenvalue weighted by Crippen LogP contribution is -2.23. The highest BCUT2D eigenvalue weighted by molar-refractivity contribution is 7.17. The lowest BCUT2D eigenvalue weighted by molar-refractivity contribution is 0.0953. The summed E-state index contributed by atoms with van der Waals surface area (Å²) in [4.78, 5) is 26.4. The van der Waals surface area contributed by atoms with Crippen molar-refractivity contribution in [2.24, 2.45) is 0 Å². The van der Waals surface area contributed by atoms with Gasteiger partial charge in [-0.15, -0.1) is 11.3 Å². The van der Waals surface area contributed by atoms with Crippen LogP contribution in [-0.4, -0.2) is 20.9 Å². The summed E-state index contributed by atoms with van der Waals surface area (Å²) in [6.45, 7) is 2.19. The number of carbonyl (C=O) groups is 1. The molecule has 0 fully saturated rings. The maximum absolute atomic E-state index is 12.7. The minimum atomic E-state index is -0.142. The normalized spacial score (nSPS) is 10.6. The van der Waals surface area contributed by atoms with E-state index in [0.717, 1.165) is 33.2 Å². The second-order valence-corrected chi connectivity index (χ2v) is 7.24. The minimum absolute atomic E-state index is 0.142. The fourth-order valence-electron chi connectivity index (χ4n) is 2.82. The highest BCUT2D eigenvalue weighted by atomic mass is 32.1. The Bertz CT molecular complexity index is 1090. The molecule has 138 valence electrons. The lowest BCUT2D eigenvalue weighted by atomic mass is 10.1. The SMILES string of the molecule is Cc1nc(-c2ccccc2)sc1C(=O)NCc1cc(-c2ccccc2)ncn1. The molecular formula is C22H18N4OS. The molecule has 4 rings (SSSR count). The van der Waals surface area contributed by atoms with E-state index in [1.165, 1.54) is 17.7 Å². The zero-order chi connectivity index (χ0) is 19.3. The van der Waals surface area contributed by atoms with E-state index in [9.17, 15) is 4.79 Å². The minimum Gasteiger partial charge on any atom is -0.346 e. The van der Waals surface area contributed by atoms with Crippen molar-refractivity contribution in [3.63, 3.8) is 0 Å². The molecule has 0 aliphatic rings. The standard InChI is InChI=1S/C22H18N4OS/c1-15-20(28-22(26-15)17-10-6-3-7-11-17)21(27)23-13-18-12-19(25-14-24-18)16-8-4-2-5-9-16/h2-12,14H,13H2,1H3,(H,23,27). The van der Waals surface area contributed by atoms with E-state index in [2.05, 4.69) is 20.3 Å². The summed E-state index contributed by atoms with van der Waals surface area (Å²) in [6.07, 6.45) is 1.52. The van der Waals surface area contributed by atoms with E-state index in [-0.39, 0.29) is 5.91 Å². The predicted molar refractivity (Wildman–Crippen MR) is 111 cm³/mol. The Kier molecular flexibility index (Phi) is 5.21. The zero-order valence-electron chi connectivity index (χ0n) is 15.3. The van der Waals surface area contributed by atoms with Gasteiger partial charge in [-0.1, -0.05) is 60.7 Å². The third kappa shape index (κ3) is 3.97. The summed E-state index contributed by atoms with van der Waals surface area (Å²) in [7, 11) is 0. The Morgan fingerprint density at radius 3 is 2.36 bits per heavy atom. The van der Waals surface area contributed by atoms with Gasteiger partial charge >= 0.3 is 0 Å². The van der Waals surface area contributed by atoms with Gasteiger partial charge in [0.1, 0.15) is 16.2 Å². The zero-order valence-corrected chi connectivity index (χ0v) is 16.1. The van der Waals surface area contributed by atoms with E-state index in [4.69, 9.17) is 0 Å². The first-order chi connectivity index (χ1) is 13.7. The molecule has 0 saturated heterocycles. The topological polar surface area (TPSA) is 67.8 Å². The first-order valence-corrected chi connectivity index (χ1v) is 9.70. The number of nitrogens with zero attached hydrogens (tertiary/aromatic N) is 3. The number of nitrogens with one attached hydrogen (secondary N) is 1. The van der Waals surface area contributed by atoms with Crippen molar-refractivity contribution in [1.82, 2.24) is 20.3 Å². The molecule has 0 radical (unpaired) electrons. The highest BCUT2D eigenvalue weighted by Crippen LogP contribution is 2.27. The third-order valence-electron chi connectivity index (χ3n) is 4.25. The number of aryl methyl sites for hydroxylation is 1. The van der Waals surface area contributed by atoms with E-state index in [1.54, 1.807) is 0 Å². The van der Waals surface area contributed by atoms with Crippen LogP contribution < -0.4 is 5.32 Å². The molecule has 2 aromatic carbocycles. The fraction of sp³-hybridized carbons (Fsp3) is 0.0909. The summed E-state index contributed by atoms with van der Waals surface area (Å²) in [5.74, 6) is -0.142. The molecule has 2 aromatic heterocycles. The average Bonchev–Trinajstić information content (AvgIpc) is 3.15. The quantitative estimate of drug-likeness (QED) is 0.548. The summed E-state index contributed by atoms with van der Waals surface area (Å²) >= 11 is 1.40. The van der Waals surface area contributed by atoms with E-state index in [1.807, 2.05) is 73.7 Å². The first-order valence-electron chi connectivity index (χ1n) is 8.88. The Hall–Kier alpha value is -3.38. The molecule has 1 amide bonds. The second kappa shape index (κ2) is 8.10. The number of benzene rings is 2. The van der Waals surface area contributed by atoms with Crippen LogP contribution in [-0.2, 0) is 6.54 Å². The van der Waals surface area contributed by atoms with Crippen LogP contribution in [0.1, 0.15) is 21.1 Å². The molecule has 0 aliphatic carbocycles. The van der Waals surface area contributed by atoms with E-state index in [0.29, 0.717) is 11.4 Å². The van der Waals surface area contributed by atoms with E-state index >= 15 is 0 Å². The number of rotatable bonds is 5. The van der Waals surface area contributed by atoms with Crippen LogP contribution in [0, 0.1) is 6.92 Å². The monoisotopic (exact) mass is 386 g/mol. The van der Waals surface area contributed by atoms with Crippen molar-refractivity contribution in [2.45, 2.75) is 13.5 Å². The van der Waals surface area contributed by atoms with Gasteiger partial charge in [-0.2, -0.15) is 0 Å². The van der Waals surface area contributed by atoms with Gasteiger partial charge in [0.25, 0.3) is 5.91 Å². The molecule has 1 N–H and O–H groups in total. The molecule has 0 aliphatic heterocycles. The highest BCUT2D eigenvalue weighted by Gasteiger charge is 2.16. The number of aromatic nitrogens is 3. The Labute approximate surface area is 167 Å². The van der Waals surface area contributed by atoms with Crippen LogP contribution in [0.3, 0.4) is 0 Å². The second-order valence-electron chi connectivity index (χ2n) is 6.24. The van der Waals surface area contributed by atoms with Crippen molar-refractivity contribution in [1.29, 1.82) is 0 Å². The summed E-state index contributed by atoms with van der Waals surface area (Å²) in [5, 5.41) is 3.78. The fourth-order valence-corrected chi connectivity index (χ4v) is 3.81. The number of hydrogen-bond donors (Lipinski definition) is 1. The Morgan fingerprint density at radius 2 is 1.64 bits per heavy atom. The van der Waals surface area contributed by atoms with Crippen molar-refractivity contribution >= 4 is 17.2 Å². The molecule has 6 heteroatoms. The molecule has 0 atom stereocenters.